The first kappa shape index (κ1) is 32.9. The van der Waals surface area contributed by atoms with Crippen LogP contribution in [0.1, 0.15) is 92.4 Å². The number of aliphatic hydroxyl groups excluding tert-OH is 2. The third-order valence-electron chi connectivity index (χ3n) is 12.1. The smallest absolute Gasteiger partial charge is 0.315 e. The summed E-state index contributed by atoms with van der Waals surface area (Å²) in [4.78, 5) is 15.4. The van der Waals surface area contributed by atoms with Crippen molar-refractivity contribution in [3.63, 3.8) is 0 Å². The number of hydrogen-bond donors (Lipinski definition) is 4. The fraction of sp³-hybridized carbons (Fsp3) is 0.537. The normalized spacial score (nSPS) is 32.3. The van der Waals surface area contributed by atoms with Gasteiger partial charge in [0.2, 0.25) is 0 Å². The molecule has 49 heavy (non-hydrogen) atoms. The van der Waals surface area contributed by atoms with Crippen LogP contribution in [0.15, 0.2) is 72.8 Å². The van der Waals surface area contributed by atoms with Crippen LogP contribution < -0.4 is 10.6 Å². The van der Waals surface area contributed by atoms with Gasteiger partial charge in [-0.1, -0.05) is 66.7 Å². The van der Waals surface area contributed by atoms with Crippen molar-refractivity contribution in [2.45, 2.75) is 101 Å². The quantitative estimate of drug-likeness (QED) is 0.194. The molecule has 2 heterocycles. The predicted octanol–water partition coefficient (Wildman–Crippen LogP) is 6.62. The van der Waals surface area contributed by atoms with Gasteiger partial charge in [0.05, 0.1) is 25.4 Å². The molecular formula is C41H51N3O5. The number of carbonyl (C=O) groups is 1. The van der Waals surface area contributed by atoms with E-state index >= 15 is 0 Å². The highest BCUT2D eigenvalue weighted by Crippen LogP contribution is 2.55. The van der Waals surface area contributed by atoms with Crippen LogP contribution in [0.3, 0.4) is 0 Å². The minimum Gasteiger partial charge on any atom is -0.395 e. The van der Waals surface area contributed by atoms with Gasteiger partial charge in [-0.2, -0.15) is 0 Å². The van der Waals surface area contributed by atoms with Gasteiger partial charge in [-0.15, -0.1) is 0 Å². The van der Waals surface area contributed by atoms with Crippen LogP contribution in [-0.2, 0) is 22.6 Å². The van der Waals surface area contributed by atoms with E-state index < -0.39 is 6.29 Å². The van der Waals surface area contributed by atoms with Crippen molar-refractivity contribution in [1.29, 1.82) is 0 Å². The molecule has 4 bridgehead atoms. The zero-order valence-electron chi connectivity index (χ0n) is 28.4. The number of hydrogen-bond acceptors (Lipinski definition) is 6. The number of amides is 2. The second-order valence-corrected chi connectivity index (χ2v) is 15.7. The molecule has 4 saturated carbocycles. The molecule has 6 fully saturated rings. The number of aliphatic hydroxyl groups is 2. The summed E-state index contributed by atoms with van der Waals surface area (Å²) in [5, 5.41) is 26.0. The molecule has 0 aromatic heterocycles. The number of ether oxygens (including phenoxy) is 2. The van der Waals surface area contributed by atoms with Gasteiger partial charge in [0, 0.05) is 36.7 Å². The van der Waals surface area contributed by atoms with E-state index in [0.29, 0.717) is 6.54 Å². The lowest BCUT2D eigenvalue weighted by atomic mass is 9.53. The minimum absolute atomic E-state index is 0.00872. The average molecular weight is 666 g/mol. The zero-order chi connectivity index (χ0) is 33.4. The highest BCUT2D eigenvalue weighted by Gasteiger charge is 2.51. The highest BCUT2D eigenvalue weighted by atomic mass is 16.7. The number of carbonyl (C=O) groups excluding carboxylic acids is 1. The Labute approximate surface area is 290 Å². The second-order valence-electron chi connectivity index (χ2n) is 15.7. The summed E-state index contributed by atoms with van der Waals surface area (Å²) < 4.78 is 13.2. The van der Waals surface area contributed by atoms with Crippen LogP contribution in [0.4, 0.5) is 4.79 Å². The Morgan fingerprint density at radius 2 is 1.53 bits per heavy atom. The number of benzene rings is 3. The molecular weight excluding hydrogens is 614 g/mol. The molecule has 4 N–H and O–H groups in total. The zero-order valence-corrected chi connectivity index (χ0v) is 28.4. The first-order valence-corrected chi connectivity index (χ1v) is 18.5. The maximum absolute atomic E-state index is 13.1. The lowest BCUT2D eigenvalue weighted by Crippen LogP contribution is -2.61. The molecule has 2 amide bonds. The van der Waals surface area contributed by atoms with Gasteiger partial charge in [0.25, 0.3) is 0 Å². The van der Waals surface area contributed by atoms with Crippen molar-refractivity contribution >= 4 is 6.03 Å². The van der Waals surface area contributed by atoms with E-state index in [0.717, 1.165) is 103 Å². The van der Waals surface area contributed by atoms with E-state index in [9.17, 15) is 15.0 Å². The average Bonchev–Trinajstić information content (AvgIpc) is 3.57. The van der Waals surface area contributed by atoms with E-state index in [1.54, 1.807) is 0 Å². The molecule has 9 rings (SSSR count). The van der Waals surface area contributed by atoms with Crippen molar-refractivity contribution in [3.05, 3.63) is 95.1 Å². The van der Waals surface area contributed by atoms with Crippen molar-refractivity contribution in [3.8, 4) is 11.1 Å². The van der Waals surface area contributed by atoms with Crippen LogP contribution in [0.5, 0.6) is 0 Å². The third-order valence-corrected chi connectivity index (χ3v) is 12.1. The van der Waals surface area contributed by atoms with Gasteiger partial charge >= 0.3 is 6.03 Å². The van der Waals surface area contributed by atoms with E-state index in [1.165, 1.54) is 19.3 Å². The van der Waals surface area contributed by atoms with Crippen molar-refractivity contribution in [2.24, 2.45) is 17.8 Å². The topological polar surface area (TPSA) is 103 Å². The Hall–Kier alpha value is -3.27. The fourth-order valence-electron chi connectivity index (χ4n) is 10.1. The van der Waals surface area contributed by atoms with Gasteiger partial charge < -0.3 is 30.3 Å². The van der Waals surface area contributed by atoms with Crippen molar-refractivity contribution in [1.82, 2.24) is 15.5 Å². The number of urea groups is 1. The van der Waals surface area contributed by atoms with E-state index in [2.05, 4.69) is 64.1 Å². The predicted molar refractivity (Wildman–Crippen MR) is 188 cm³/mol. The summed E-state index contributed by atoms with van der Waals surface area (Å²) in [5.41, 5.74) is 6.19. The van der Waals surface area contributed by atoms with Crippen LogP contribution >= 0.6 is 0 Å². The van der Waals surface area contributed by atoms with Crippen LogP contribution in [0.2, 0.25) is 0 Å². The Kier molecular flexibility index (Phi) is 9.51. The third kappa shape index (κ3) is 7.31. The molecule has 4 atom stereocenters. The van der Waals surface area contributed by atoms with Gasteiger partial charge in [0.1, 0.15) is 0 Å². The molecule has 260 valence electrons. The number of nitrogens with zero attached hydrogens (tertiary/aromatic N) is 1. The summed E-state index contributed by atoms with van der Waals surface area (Å²) in [5.74, 6) is 2.40. The summed E-state index contributed by atoms with van der Waals surface area (Å²) >= 11 is 0. The maximum atomic E-state index is 13.1. The molecule has 0 spiro atoms. The molecule has 2 saturated heterocycles. The first-order chi connectivity index (χ1) is 23.9. The highest BCUT2D eigenvalue weighted by molar-refractivity contribution is 5.75. The van der Waals surface area contributed by atoms with E-state index in [1.807, 2.05) is 24.3 Å². The van der Waals surface area contributed by atoms with Crippen LogP contribution in [0.25, 0.3) is 11.1 Å². The lowest BCUT2D eigenvalue weighted by molar-refractivity contribution is -0.253. The monoisotopic (exact) mass is 665 g/mol. The fourth-order valence-corrected chi connectivity index (χ4v) is 10.1. The standard InChI is InChI=1S/C41H51N3O5/c45-25-27-6-8-33(9-7-27)38-19-37(24-44-14-2-5-36(44)26-46)48-39(49-38)34-12-10-32(11-13-34)35-4-1-3-28(18-35)23-42-40(47)43-41-20-29-15-30(21-41)17-31(16-29)22-41/h1,3-4,6-13,18,29-31,36-39,45-46H,2,5,14-17,19-26H2,(H2,42,43,47). The Morgan fingerprint density at radius 3 is 2.22 bits per heavy atom. The Balaban J connectivity index is 0.924. The second kappa shape index (κ2) is 14.2. The van der Waals surface area contributed by atoms with Crippen LogP contribution in [0, 0.1) is 17.8 Å². The first-order valence-electron chi connectivity index (χ1n) is 18.5. The molecule has 3 aromatic rings. The number of likely N-dealkylation sites (tertiary alicyclic amines) is 1. The summed E-state index contributed by atoms with van der Waals surface area (Å²) in [7, 11) is 0. The summed E-state index contributed by atoms with van der Waals surface area (Å²) in [6.45, 7) is 2.41. The molecule has 2 aliphatic heterocycles. The van der Waals surface area contributed by atoms with Gasteiger partial charge in [0.15, 0.2) is 6.29 Å². The molecule has 0 radical (unpaired) electrons. The van der Waals surface area contributed by atoms with Crippen molar-refractivity contribution < 1.29 is 24.5 Å². The van der Waals surface area contributed by atoms with Gasteiger partial charge in [-0.25, -0.2) is 4.79 Å². The molecule has 8 heteroatoms. The number of rotatable bonds is 10. The molecule has 6 aliphatic rings. The Bertz CT molecular complexity index is 1560. The van der Waals surface area contributed by atoms with Gasteiger partial charge in [-0.05, 0) is 110 Å². The molecule has 4 aliphatic carbocycles. The molecule has 8 nitrogen and oxygen atoms in total. The van der Waals surface area contributed by atoms with E-state index in [4.69, 9.17) is 9.47 Å². The van der Waals surface area contributed by atoms with Gasteiger partial charge in [-0.3, -0.25) is 4.90 Å². The SMILES string of the molecule is O=C(NCc1cccc(-c2ccc(C3OC(CN4CCCC4CO)CC(c4ccc(CO)cc4)O3)cc2)c1)NC12CC3CC(CC(C3)C1)C2. The molecule has 3 aromatic carbocycles. The minimum atomic E-state index is -0.520. The summed E-state index contributed by atoms with van der Waals surface area (Å²) in [6.07, 6.45) is 9.67. The lowest BCUT2D eigenvalue weighted by Gasteiger charge is -2.56. The Morgan fingerprint density at radius 1 is 0.816 bits per heavy atom. The van der Waals surface area contributed by atoms with Crippen LogP contribution in [-0.4, -0.2) is 58.5 Å². The number of nitrogens with one attached hydrogen (secondary N) is 2. The maximum Gasteiger partial charge on any atom is 0.315 e. The molecule has 4 unspecified atom stereocenters. The largest absolute Gasteiger partial charge is 0.395 e. The summed E-state index contributed by atoms with van der Waals surface area (Å²) in [6, 6.07) is 24.9. The van der Waals surface area contributed by atoms with E-state index in [-0.39, 0.29) is 43.0 Å². The van der Waals surface area contributed by atoms with Crippen molar-refractivity contribution in [2.75, 3.05) is 19.7 Å².